The molecule has 3 rings (SSSR count). The van der Waals surface area contributed by atoms with Gasteiger partial charge in [0, 0.05) is 36.1 Å². The maximum atomic E-state index is 13.0. The van der Waals surface area contributed by atoms with Crippen molar-refractivity contribution in [3.05, 3.63) is 29.6 Å². The van der Waals surface area contributed by atoms with Crippen molar-refractivity contribution in [1.29, 1.82) is 0 Å². The summed E-state index contributed by atoms with van der Waals surface area (Å²) in [5, 5.41) is 6.92. The van der Waals surface area contributed by atoms with Crippen LogP contribution in [0.25, 0.3) is 11.5 Å². The molecule has 8 heteroatoms. The Morgan fingerprint density at radius 3 is 2.68 bits per heavy atom. The van der Waals surface area contributed by atoms with Crippen molar-refractivity contribution in [3.63, 3.8) is 0 Å². The molecule has 154 valence electrons. The number of benzene rings is 1. The van der Waals surface area contributed by atoms with Gasteiger partial charge in [0.1, 0.15) is 5.54 Å². The third-order valence-corrected chi connectivity index (χ3v) is 5.75. The van der Waals surface area contributed by atoms with Crippen LogP contribution in [0.2, 0.25) is 0 Å². The molecule has 2 unspecified atom stereocenters. The van der Waals surface area contributed by atoms with E-state index in [1.165, 1.54) is 0 Å². The predicted octanol–water partition coefficient (Wildman–Crippen LogP) is 3.50. The van der Waals surface area contributed by atoms with Gasteiger partial charge >= 0.3 is 0 Å². The highest BCUT2D eigenvalue weighted by Gasteiger charge is 2.62. The summed E-state index contributed by atoms with van der Waals surface area (Å²) in [4.78, 5) is 17.3. The summed E-state index contributed by atoms with van der Waals surface area (Å²) in [5.74, 6) is 0.879. The first-order valence-electron chi connectivity index (χ1n) is 9.38. The first-order chi connectivity index (χ1) is 12.7. The Morgan fingerprint density at radius 2 is 2.11 bits per heavy atom. The molecule has 0 aliphatic heterocycles. The molecule has 1 saturated carbocycles. The van der Waals surface area contributed by atoms with Gasteiger partial charge in [0.2, 0.25) is 5.91 Å². The average molecular weight is 409 g/mol. The normalized spacial score (nSPS) is 22.9. The molecule has 2 atom stereocenters. The lowest BCUT2D eigenvalue weighted by atomic mass is 9.54. The Kier molecular flexibility index (Phi) is 6.53. The smallest absolute Gasteiger partial charge is 0.257 e. The van der Waals surface area contributed by atoms with E-state index < -0.39 is 11.0 Å². The molecule has 3 N–H and O–H groups in total. The molecule has 1 heterocycles. The fourth-order valence-electron chi connectivity index (χ4n) is 3.46. The summed E-state index contributed by atoms with van der Waals surface area (Å²) in [7, 11) is 0. The van der Waals surface area contributed by atoms with Crippen molar-refractivity contribution in [3.8, 4) is 11.5 Å². The van der Waals surface area contributed by atoms with Gasteiger partial charge in [-0.05, 0) is 31.5 Å². The van der Waals surface area contributed by atoms with E-state index in [0.717, 1.165) is 11.1 Å². The second-order valence-electron chi connectivity index (χ2n) is 7.69. The van der Waals surface area contributed by atoms with Crippen LogP contribution in [-0.4, -0.2) is 34.3 Å². The van der Waals surface area contributed by atoms with Crippen LogP contribution >= 0.6 is 12.4 Å². The second kappa shape index (κ2) is 8.19. The molecule has 1 aromatic carbocycles. The topological polar surface area (TPSA) is 103 Å². The zero-order valence-electron chi connectivity index (χ0n) is 17.0. The zero-order chi connectivity index (χ0) is 19.8. The molecule has 0 bridgehead atoms. The van der Waals surface area contributed by atoms with E-state index in [4.69, 9.17) is 15.0 Å². The first-order valence-corrected chi connectivity index (χ1v) is 9.38. The Labute approximate surface area is 171 Å². The molecule has 28 heavy (non-hydrogen) atoms. The third-order valence-electron chi connectivity index (χ3n) is 5.75. The fourth-order valence-corrected chi connectivity index (χ4v) is 3.46. The summed E-state index contributed by atoms with van der Waals surface area (Å²) in [6, 6.07) is 5.66. The Morgan fingerprint density at radius 1 is 1.39 bits per heavy atom. The van der Waals surface area contributed by atoms with Gasteiger partial charge in [0.25, 0.3) is 5.89 Å². The number of nitrogens with one attached hydrogen (secondary N) is 1. The number of carbonyl (C=O) groups is 1. The second-order valence-corrected chi connectivity index (χ2v) is 7.69. The summed E-state index contributed by atoms with van der Waals surface area (Å²) >= 11 is 0. The van der Waals surface area contributed by atoms with Gasteiger partial charge in [-0.1, -0.05) is 32.0 Å². The number of nitrogens with two attached hydrogens (primary N) is 1. The minimum atomic E-state index is -0.977. The number of aryl methyl sites for hydroxylation is 2. The van der Waals surface area contributed by atoms with E-state index in [1.807, 2.05) is 52.8 Å². The van der Waals surface area contributed by atoms with Crippen molar-refractivity contribution in [2.24, 2.45) is 11.1 Å². The number of nitrogens with zero attached hydrogens (tertiary/aromatic N) is 2. The summed E-state index contributed by atoms with van der Waals surface area (Å²) in [6.07, 6.45) is 1.18. The van der Waals surface area contributed by atoms with Crippen molar-refractivity contribution < 1.29 is 14.1 Å². The lowest BCUT2D eigenvalue weighted by molar-refractivity contribution is -0.166. The van der Waals surface area contributed by atoms with Crippen LogP contribution in [0.3, 0.4) is 0 Å². The van der Waals surface area contributed by atoms with E-state index >= 15 is 0 Å². The molecule has 0 spiro atoms. The van der Waals surface area contributed by atoms with Crippen LogP contribution in [0.5, 0.6) is 0 Å². The fraction of sp³-hybridized carbons (Fsp3) is 0.550. The Bertz CT molecular complexity index is 852. The van der Waals surface area contributed by atoms with E-state index in [0.29, 0.717) is 36.9 Å². The maximum Gasteiger partial charge on any atom is 0.257 e. The molecule has 2 aromatic rings. The van der Waals surface area contributed by atoms with E-state index in [1.54, 1.807) is 0 Å². The standard InChI is InChI=1S/C20H28N4O3.ClH/c1-6-16-23-17(27-24-16)13-9-8-12(3)14(10-13)22-18(25)20(21)11-15(26-7-2)19(20,4)5;/h8-10,15H,6-7,11,21H2,1-5H3,(H,22,25);1H. The van der Waals surface area contributed by atoms with E-state index in [-0.39, 0.29) is 24.4 Å². The van der Waals surface area contributed by atoms with Gasteiger partial charge in [-0.3, -0.25) is 4.79 Å². The SMILES string of the molecule is CCOC1CC(N)(C(=O)Nc2cc(-c3nc(CC)no3)ccc2C)C1(C)C.Cl. The molecule has 0 saturated heterocycles. The van der Waals surface area contributed by atoms with Crippen LogP contribution in [0.15, 0.2) is 22.7 Å². The molecule has 1 aliphatic rings. The highest BCUT2D eigenvalue weighted by molar-refractivity contribution is 6.00. The van der Waals surface area contributed by atoms with Crippen LogP contribution in [0.4, 0.5) is 5.69 Å². The van der Waals surface area contributed by atoms with Crippen LogP contribution < -0.4 is 11.1 Å². The quantitative estimate of drug-likeness (QED) is 0.758. The number of carbonyl (C=O) groups excluding carboxylic acids is 1. The number of ether oxygens (including phenoxy) is 1. The van der Waals surface area contributed by atoms with Crippen molar-refractivity contribution >= 4 is 24.0 Å². The summed E-state index contributed by atoms with van der Waals surface area (Å²) < 4.78 is 11.0. The lowest BCUT2D eigenvalue weighted by Crippen LogP contribution is -2.74. The number of rotatable bonds is 6. The van der Waals surface area contributed by atoms with E-state index in [2.05, 4.69) is 15.5 Å². The maximum absolute atomic E-state index is 13.0. The molecule has 7 nitrogen and oxygen atoms in total. The minimum Gasteiger partial charge on any atom is -0.378 e. The number of anilines is 1. The van der Waals surface area contributed by atoms with Gasteiger partial charge in [-0.25, -0.2) is 0 Å². The van der Waals surface area contributed by atoms with Crippen molar-refractivity contribution in [2.75, 3.05) is 11.9 Å². The Hall–Kier alpha value is -1.96. The molecule has 1 aromatic heterocycles. The van der Waals surface area contributed by atoms with Gasteiger partial charge in [0.15, 0.2) is 5.82 Å². The largest absolute Gasteiger partial charge is 0.378 e. The molecule has 1 aliphatic carbocycles. The van der Waals surface area contributed by atoms with Crippen molar-refractivity contribution in [2.45, 2.75) is 59.1 Å². The van der Waals surface area contributed by atoms with Crippen molar-refractivity contribution in [1.82, 2.24) is 10.1 Å². The van der Waals surface area contributed by atoms with Gasteiger partial charge in [-0.15, -0.1) is 12.4 Å². The lowest BCUT2D eigenvalue weighted by Gasteiger charge is -2.57. The van der Waals surface area contributed by atoms with E-state index in [9.17, 15) is 4.79 Å². The molecule has 1 amide bonds. The summed E-state index contributed by atoms with van der Waals surface area (Å²) in [6.45, 7) is 10.4. The number of hydrogen-bond acceptors (Lipinski definition) is 6. The predicted molar refractivity (Wildman–Crippen MR) is 110 cm³/mol. The zero-order valence-corrected chi connectivity index (χ0v) is 17.9. The third kappa shape index (κ3) is 3.66. The summed E-state index contributed by atoms with van der Waals surface area (Å²) in [5.41, 5.74) is 7.44. The first kappa shape index (κ1) is 22.3. The average Bonchev–Trinajstić information content (AvgIpc) is 3.12. The number of aromatic nitrogens is 2. The Balaban J connectivity index is 0.00000280. The molecule has 0 radical (unpaired) electrons. The van der Waals surface area contributed by atoms with Crippen LogP contribution in [0, 0.1) is 12.3 Å². The highest BCUT2D eigenvalue weighted by Crippen LogP contribution is 2.50. The van der Waals surface area contributed by atoms with Gasteiger partial charge in [-0.2, -0.15) is 4.98 Å². The minimum absolute atomic E-state index is 0. The number of halogens is 1. The van der Waals surface area contributed by atoms with Gasteiger partial charge < -0.3 is 20.3 Å². The van der Waals surface area contributed by atoms with Gasteiger partial charge in [0.05, 0.1) is 6.10 Å². The molecule has 1 fully saturated rings. The number of amides is 1. The molecular weight excluding hydrogens is 380 g/mol. The van der Waals surface area contributed by atoms with Crippen LogP contribution in [0.1, 0.15) is 45.5 Å². The monoisotopic (exact) mass is 408 g/mol. The number of hydrogen-bond donors (Lipinski definition) is 2. The van der Waals surface area contributed by atoms with Crippen LogP contribution in [-0.2, 0) is 16.0 Å². The highest BCUT2D eigenvalue weighted by atomic mass is 35.5. The molecular formula is C20H29ClN4O3.